The first-order chi connectivity index (χ1) is 15.8. The van der Waals surface area contributed by atoms with Gasteiger partial charge >= 0.3 is 0 Å². The van der Waals surface area contributed by atoms with E-state index in [0.717, 1.165) is 4.90 Å². The zero-order chi connectivity index (χ0) is 24.8. The minimum atomic E-state index is -0.531. The Hall–Kier alpha value is -2.97. The van der Waals surface area contributed by atoms with E-state index in [0.29, 0.717) is 17.2 Å². The average molecular weight is 474 g/mol. The van der Waals surface area contributed by atoms with Gasteiger partial charge in [0, 0.05) is 28.8 Å². The number of nitrogens with two attached hydrogens (primary N) is 1. The molecule has 4 N–H and O–H groups in total. The van der Waals surface area contributed by atoms with E-state index in [1.54, 1.807) is 43.1 Å². The Morgan fingerprint density at radius 1 is 1.12 bits per heavy atom. The summed E-state index contributed by atoms with van der Waals surface area (Å²) in [4.78, 5) is 17.7. The predicted octanol–water partition coefficient (Wildman–Crippen LogP) is 5.00. The average Bonchev–Trinajstić information content (AvgIpc) is 2.80. The number of amides is 1. The van der Waals surface area contributed by atoms with E-state index in [1.807, 2.05) is 58.2 Å². The Bertz CT molecular complexity index is 928. The van der Waals surface area contributed by atoms with Crippen molar-refractivity contribution in [3.8, 4) is 17.2 Å². The molecule has 0 aromatic heterocycles. The van der Waals surface area contributed by atoms with Crippen LogP contribution < -0.4 is 20.5 Å². The molecule has 0 radical (unpaired) electrons. The third kappa shape index (κ3) is 10.5. The molecule has 2 rings (SSSR count). The molecule has 0 bridgehead atoms. The maximum atomic E-state index is 12.7. The smallest absolute Gasteiger partial charge is 0.279 e. The minimum absolute atomic E-state index is 0.0725. The van der Waals surface area contributed by atoms with Crippen LogP contribution in [0.25, 0.3) is 0 Å². The molecule has 0 spiro atoms. The highest BCUT2D eigenvalue weighted by molar-refractivity contribution is 7.98. The van der Waals surface area contributed by atoms with Crippen LogP contribution in [0.15, 0.2) is 64.6 Å². The molecule has 1 amide bonds. The maximum absolute atomic E-state index is 12.7. The summed E-state index contributed by atoms with van der Waals surface area (Å²) < 4.78 is 11.6. The molecule has 7 nitrogen and oxygen atoms in total. The highest BCUT2D eigenvalue weighted by Gasteiger charge is 2.13. The fourth-order valence-corrected chi connectivity index (χ4v) is 2.82. The van der Waals surface area contributed by atoms with Crippen molar-refractivity contribution in [1.82, 2.24) is 5.32 Å². The molecule has 0 aliphatic carbocycles. The normalized spacial score (nSPS) is 12.2. The predicted molar refractivity (Wildman–Crippen MR) is 137 cm³/mol. The number of benzene rings is 2. The summed E-state index contributed by atoms with van der Waals surface area (Å²) in [5.74, 6) is 0.955. The Morgan fingerprint density at radius 2 is 1.76 bits per heavy atom. The molecule has 1 atom stereocenters. The maximum Gasteiger partial charge on any atom is 0.279 e. The third-order valence-electron chi connectivity index (χ3n) is 3.93. The van der Waals surface area contributed by atoms with Crippen LogP contribution in [0.2, 0.25) is 0 Å². The number of ether oxygens (including phenoxy) is 2. The first kappa shape index (κ1) is 28.1. The summed E-state index contributed by atoms with van der Waals surface area (Å²) in [5.41, 5.74) is 6.09. The molecular weight excluding hydrogens is 438 g/mol. The summed E-state index contributed by atoms with van der Waals surface area (Å²) >= 11 is 1.63. The number of amidine groups is 1. The number of carbonyl (C=O) groups excluding carboxylic acids is 1. The van der Waals surface area contributed by atoms with Gasteiger partial charge in [-0.2, -0.15) is 4.99 Å². The van der Waals surface area contributed by atoms with Gasteiger partial charge in [0.15, 0.2) is 0 Å². The molecule has 2 aromatic rings. The van der Waals surface area contributed by atoms with Gasteiger partial charge in [-0.05, 0) is 69.5 Å². The molecule has 0 fully saturated rings. The van der Waals surface area contributed by atoms with Crippen molar-refractivity contribution in [2.75, 3.05) is 12.9 Å². The van der Waals surface area contributed by atoms with Gasteiger partial charge in [0.2, 0.25) is 0 Å². The zero-order valence-electron chi connectivity index (χ0n) is 20.2. The van der Waals surface area contributed by atoms with Gasteiger partial charge in [-0.15, -0.1) is 11.8 Å². The SMILES string of the molecule is CC.CSc1ccc(Oc2cc(OC(C)CO)cc(C(=O)N=C(N)/C=C\NC(C)C)c2)cc1. The van der Waals surface area contributed by atoms with E-state index in [4.69, 9.17) is 15.2 Å². The van der Waals surface area contributed by atoms with Crippen LogP contribution in [-0.4, -0.2) is 41.9 Å². The molecular formula is C25H35N3O4S. The number of rotatable bonds is 10. The summed E-state index contributed by atoms with van der Waals surface area (Å²) in [6.07, 6.45) is 4.72. The van der Waals surface area contributed by atoms with Crippen LogP contribution in [-0.2, 0) is 0 Å². The minimum Gasteiger partial charge on any atom is -0.488 e. The number of aliphatic hydroxyl groups is 1. The number of nitrogens with one attached hydrogen (secondary N) is 1. The van der Waals surface area contributed by atoms with Crippen molar-refractivity contribution < 1.29 is 19.4 Å². The molecule has 180 valence electrons. The second-order valence-electron chi connectivity index (χ2n) is 7.08. The number of hydrogen-bond acceptors (Lipinski definition) is 6. The molecule has 0 saturated carbocycles. The van der Waals surface area contributed by atoms with Gasteiger partial charge in [-0.25, -0.2) is 0 Å². The standard InChI is InChI=1S/C23H29N3O4S.C2H6/c1-15(2)25-10-9-22(24)26-23(28)17-11-19(29-16(3)14-27)13-20(12-17)30-18-5-7-21(31-4)8-6-18;1-2/h5-13,15-16,25,27H,14H2,1-4H3,(H2,24,26,28);1-2H3/b10-9-;. The fraction of sp³-hybridized carbons (Fsp3) is 0.360. The molecule has 0 heterocycles. The Labute approximate surface area is 201 Å². The van der Waals surface area contributed by atoms with Gasteiger partial charge in [-0.1, -0.05) is 13.8 Å². The van der Waals surface area contributed by atoms with E-state index >= 15 is 0 Å². The van der Waals surface area contributed by atoms with Crippen molar-refractivity contribution in [2.45, 2.75) is 51.7 Å². The van der Waals surface area contributed by atoms with Crippen LogP contribution >= 0.6 is 11.8 Å². The highest BCUT2D eigenvalue weighted by Crippen LogP contribution is 2.29. The molecule has 2 aromatic carbocycles. The first-order valence-corrected chi connectivity index (χ1v) is 12.1. The van der Waals surface area contributed by atoms with Crippen molar-refractivity contribution in [3.05, 3.63) is 60.3 Å². The quantitative estimate of drug-likeness (QED) is 0.253. The number of carbonyl (C=O) groups is 1. The van der Waals surface area contributed by atoms with E-state index in [1.165, 1.54) is 6.08 Å². The Balaban J connectivity index is 0.00000265. The van der Waals surface area contributed by atoms with Gasteiger partial charge in [0.1, 0.15) is 29.2 Å². The van der Waals surface area contributed by atoms with E-state index in [-0.39, 0.29) is 24.0 Å². The fourth-order valence-electron chi connectivity index (χ4n) is 2.42. The number of hydrogen-bond donors (Lipinski definition) is 3. The number of nitrogens with zero attached hydrogens (tertiary/aromatic N) is 1. The van der Waals surface area contributed by atoms with Crippen molar-refractivity contribution >= 4 is 23.5 Å². The summed E-state index contributed by atoms with van der Waals surface area (Å²) in [6, 6.07) is 12.6. The molecule has 8 heteroatoms. The number of aliphatic hydroxyl groups excluding tert-OH is 1. The number of aliphatic imine (C=N–C) groups is 1. The van der Waals surface area contributed by atoms with Crippen molar-refractivity contribution in [1.29, 1.82) is 0 Å². The summed E-state index contributed by atoms with van der Waals surface area (Å²) in [7, 11) is 0. The lowest BCUT2D eigenvalue weighted by molar-refractivity contribution is 0.100. The van der Waals surface area contributed by atoms with Crippen LogP contribution in [0, 0.1) is 0 Å². The van der Waals surface area contributed by atoms with Crippen LogP contribution in [0.1, 0.15) is 45.0 Å². The Kier molecular flexibility index (Phi) is 12.7. The van der Waals surface area contributed by atoms with Crippen LogP contribution in [0.4, 0.5) is 0 Å². The lowest BCUT2D eigenvalue weighted by Gasteiger charge is -2.14. The van der Waals surface area contributed by atoms with Gasteiger partial charge in [0.25, 0.3) is 5.91 Å². The van der Waals surface area contributed by atoms with E-state index in [2.05, 4.69) is 10.3 Å². The second-order valence-corrected chi connectivity index (χ2v) is 7.96. The van der Waals surface area contributed by atoms with Gasteiger partial charge < -0.3 is 25.6 Å². The van der Waals surface area contributed by atoms with E-state index in [9.17, 15) is 9.90 Å². The van der Waals surface area contributed by atoms with Crippen molar-refractivity contribution in [3.63, 3.8) is 0 Å². The Morgan fingerprint density at radius 3 is 2.33 bits per heavy atom. The third-order valence-corrected chi connectivity index (χ3v) is 4.67. The molecule has 0 aliphatic rings. The topological polar surface area (TPSA) is 106 Å². The van der Waals surface area contributed by atoms with Gasteiger partial charge in [-0.3, -0.25) is 4.79 Å². The zero-order valence-corrected chi connectivity index (χ0v) is 21.0. The lowest BCUT2D eigenvalue weighted by atomic mass is 10.2. The monoisotopic (exact) mass is 473 g/mol. The molecule has 1 unspecified atom stereocenters. The lowest BCUT2D eigenvalue weighted by Crippen LogP contribution is -2.18. The molecule has 0 aliphatic heterocycles. The number of thioether (sulfide) groups is 1. The molecule has 33 heavy (non-hydrogen) atoms. The highest BCUT2D eigenvalue weighted by atomic mass is 32.2. The van der Waals surface area contributed by atoms with Crippen LogP contribution in [0.3, 0.4) is 0 Å². The van der Waals surface area contributed by atoms with Gasteiger partial charge in [0.05, 0.1) is 6.61 Å². The summed E-state index contributed by atoms with van der Waals surface area (Å²) in [5, 5.41) is 12.3. The first-order valence-electron chi connectivity index (χ1n) is 10.9. The van der Waals surface area contributed by atoms with E-state index < -0.39 is 12.0 Å². The largest absolute Gasteiger partial charge is 0.488 e. The van der Waals surface area contributed by atoms with Crippen molar-refractivity contribution in [2.24, 2.45) is 10.7 Å². The summed E-state index contributed by atoms with van der Waals surface area (Å²) in [6.45, 7) is 9.53. The second kappa shape index (κ2) is 15.0. The molecule has 0 saturated heterocycles. The van der Waals surface area contributed by atoms with Crippen LogP contribution in [0.5, 0.6) is 17.2 Å².